The van der Waals surface area contributed by atoms with E-state index in [1.165, 1.54) is 0 Å². The zero-order valence-electron chi connectivity index (χ0n) is 7.68. The highest BCUT2D eigenvalue weighted by Crippen LogP contribution is 2.46. The lowest BCUT2D eigenvalue weighted by Gasteiger charge is -2.29. The quantitative estimate of drug-likeness (QED) is 0.579. The van der Waals surface area contributed by atoms with E-state index in [9.17, 15) is 4.79 Å². The van der Waals surface area contributed by atoms with Crippen LogP contribution in [0, 0.1) is 11.8 Å². The topological polar surface area (TPSA) is 20.3 Å². The molecule has 1 aliphatic heterocycles. The molecule has 12 heavy (non-hydrogen) atoms. The van der Waals surface area contributed by atoms with E-state index in [1.807, 2.05) is 4.90 Å². The molecule has 0 N–H and O–H groups in total. The predicted molar refractivity (Wildman–Crippen MR) is 47.5 cm³/mol. The summed E-state index contributed by atoms with van der Waals surface area (Å²) in [6.45, 7) is 4.00. The molecule has 2 fully saturated rings. The van der Waals surface area contributed by atoms with E-state index >= 15 is 0 Å². The Hall–Kier alpha value is -0.530. The van der Waals surface area contributed by atoms with E-state index in [0.29, 0.717) is 5.91 Å². The lowest BCUT2D eigenvalue weighted by atomic mass is 10.1. The summed E-state index contributed by atoms with van der Waals surface area (Å²) in [6.07, 6.45) is 6.65. The van der Waals surface area contributed by atoms with Crippen LogP contribution in [0.4, 0.5) is 0 Å². The van der Waals surface area contributed by atoms with E-state index in [2.05, 4.69) is 13.3 Å². The van der Waals surface area contributed by atoms with Gasteiger partial charge in [0.25, 0.3) is 0 Å². The first-order valence-electron chi connectivity index (χ1n) is 4.83. The van der Waals surface area contributed by atoms with Crippen molar-refractivity contribution in [1.29, 1.82) is 0 Å². The standard InChI is InChI=1S/C10H16NO/c1-10(5-6-10)9(12)11-7-3-2-4-8-11/h2H,3-8H2,1H3. The summed E-state index contributed by atoms with van der Waals surface area (Å²) in [5.41, 5.74) is 0.0390. The van der Waals surface area contributed by atoms with Crippen LogP contribution in [-0.4, -0.2) is 23.9 Å². The van der Waals surface area contributed by atoms with Crippen LogP contribution >= 0.6 is 0 Å². The molecule has 0 spiro atoms. The normalized spacial score (nSPS) is 26.9. The van der Waals surface area contributed by atoms with Gasteiger partial charge in [-0.2, -0.15) is 0 Å². The lowest BCUT2D eigenvalue weighted by Crippen LogP contribution is -2.39. The van der Waals surface area contributed by atoms with Crippen LogP contribution in [0.15, 0.2) is 0 Å². The van der Waals surface area contributed by atoms with Crippen LogP contribution in [0.25, 0.3) is 0 Å². The number of piperidine rings is 1. The van der Waals surface area contributed by atoms with Crippen molar-refractivity contribution in [2.45, 2.75) is 32.6 Å². The Morgan fingerprint density at radius 3 is 2.42 bits per heavy atom. The molecular formula is C10H16NO. The third-order valence-corrected chi connectivity index (χ3v) is 3.01. The minimum atomic E-state index is 0.0390. The summed E-state index contributed by atoms with van der Waals surface area (Å²) in [4.78, 5) is 13.8. The summed E-state index contributed by atoms with van der Waals surface area (Å²) in [6, 6.07) is 0. The zero-order chi connectivity index (χ0) is 8.60. The largest absolute Gasteiger partial charge is 0.342 e. The second-order valence-electron chi connectivity index (χ2n) is 4.22. The van der Waals surface area contributed by atoms with Crippen LogP contribution in [0.1, 0.15) is 32.6 Å². The second kappa shape index (κ2) is 2.75. The molecule has 1 saturated carbocycles. The minimum Gasteiger partial charge on any atom is -0.342 e. The van der Waals surface area contributed by atoms with Crippen LogP contribution < -0.4 is 0 Å². The highest BCUT2D eigenvalue weighted by Gasteiger charge is 2.47. The molecule has 2 nitrogen and oxygen atoms in total. The summed E-state index contributed by atoms with van der Waals surface area (Å²) in [5, 5.41) is 0. The molecule has 2 rings (SSSR count). The molecule has 0 aromatic heterocycles. The summed E-state index contributed by atoms with van der Waals surface area (Å²) >= 11 is 0. The predicted octanol–water partition coefficient (Wildman–Crippen LogP) is 1.61. The van der Waals surface area contributed by atoms with Crippen LogP contribution in [-0.2, 0) is 4.79 Å². The second-order valence-corrected chi connectivity index (χ2v) is 4.22. The molecule has 1 amide bonds. The van der Waals surface area contributed by atoms with Gasteiger partial charge >= 0.3 is 0 Å². The van der Waals surface area contributed by atoms with Crippen LogP contribution in [0.2, 0.25) is 0 Å². The van der Waals surface area contributed by atoms with E-state index in [4.69, 9.17) is 0 Å². The third-order valence-electron chi connectivity index (χ3n) is 3.01. The maximum Gasteiger partial charge on any atom is 0.228 e. The monoisotopic (exact) mass is 166 g/mol. The van der Waals surface area contributed by atoms with Gasteiger partial charge in [-0.25, -0.2) is 0 Å². The van der Waals surface area contributed by atoms with Gasteiger partial charge in [0.15, 0.2) is 0 Å². The fraction of sp³-hybridized carbons (Fsp3) is 0.800. The van der Waals surface area contributed by atoms with Gasteiger partial charge in [0, 0.05) is 18.5 Å². The molecule has 0 aromatic rings. The van der Waals surface area contributed by atoms with E-state index in [-0.39, 0.29) is 5.41 Å². The van der Waals surface area contributed by atoms with Gasteiger partial charge in [0.2, 0.25) is 5.91 Å². The third kappa shape index (κ3) is 1.35. The number of hydrogen-bond donors (Lipinski definition) is 0. The number of hydrogen-bond acceptors (Lipinski definition) is 1. The van der Waals surface area contributed by atoms with Gasteiger partial charge in [-0.1, -0.05) is 6.92 Å². The summed E-state index contributed by atoms with van der Waals surface area (Å²) in [5.74, 6) is 0.399. The SMILES string of the molecule is CC1(C(=O)N2CC[CH]CC2)CC1. The van der Waals surface area contributed by atoms with E-state index in [1.54, 1.807) is 0 Å². The molecule has 2 heteroatoms. The van der Waals surface area contributed by atoms with Crippen molar-refractivity contribution in [3.63, 3.8) is 0 Å². The molecule has 0 atom stereocenters. The van der Waals surface area contributed by atoms with Crippen molar-refractivity contribution in [1.82, 2.24) is 4.90 Å². The number of amides is 1. The Balaban J connectivity index is 1.94. The van der Waals surface area contributed by atoms with E-state index < -0.39 is 0 Å². The number of nitrogens with zero attached hydrogens (tertiary/aromatic N) is 1. The molecule has 1 aliphatic carbocycles. The summed E-state index contributed by atoms with van der Waals surface area (Å²) in [7, 11) is 0. The number of likely N-dealkylation sites (tertiary alicyclic amines) is 1. The first-order valence-corrected chi connectivity index (χ1v) is 4.83. The fourth-order valence-corrected chi connectivity index (χ4v) is 1.74. The molecule has 67 valence electrons. The first-order chi connectivity index (χ1) is 5.72. The smallest absolute Gasteiger partial charge is 0.228 e. The molecule has 0 bridgehead atoms. The Bertz CT molecular complexity index is 190. The summed E-state index contributed by atoms with van der Waals surface area (Å²) < 4.78 is 0. The van der Waals surface area contributed by atoms with Gasteiger partial charge in [-0.05, 0) is 32.1 Å². The molecular weight excluding hydrogens is 150 g/mol. The molecule has 0 aromatic carbocycles. The molecule has 2 aliphatic rings. The minimum absolute atomic E-state index is 0.0390. The van der Waals surface area contributed by atoms with E-state index in [0.717, 1.165) is 38.8 Å². The Morgan fingerprint density at radius 1 is 1.33 bits per heavy atom. The van der Waals surface area contributed by atoms with Gasteiger partial charge in [-0.15, -0.1) is 0 Å². The van der Waals surface area contributed by atoms with Crippen molar-refractivity contribution < 1.29 is 4.79 Å². The van der Waals surface area contributed by atoms with Crippen molar-refractivity contribution in [2.24, 2.45) is 5.41 Å². The van der Waals surface area contributed by atoms with Crippen LogP contribution in [0.5, 0.6) is 0 Å². The maximum absolute atomic E-state index is 11.8. The Kier molecular flexibility index (Phi) is 1.85. The number of rotatable bonds is 1. The first kappa shape index (κ1) is 8.09. The van der Waals surface area contributed by atoms with Gasteiger partial charge in [0.05, 0.1) is 0 Å². The fourth-order valence-electron chi connectivity index (χ4n) is 1.74. The molecule has 1 radical (unpaired) electrons. The van der Waals surface area contributed by atoms with Gasteiger partial charge in [-0.3, -0.25) is 4.79 Å². The Morgan fingerprint density at radius 2 is 1.92 bits per heavy atom. The van der Waals surface area contributed by atoms with Crippen molar-refractivity contribution >= 4 is 5.91 Å². The highest BCUT2D eigenvalue weighted by atomic mass is 16.2. The molecule has 1 heterocycles. The lowest BCUT2D eigenvalue weighted by molar-refractivity contribution is -0.136. The average Bonchev–Trinajstić information content (AvgIpc) is 2.85. The highest BCUT2D eigenvalue weighted by molar-refractivity contribution is 5.85. The average molecular weight is 166 g/mol. The Labute approximate surface area is 73.9 Å². The van der Waals surface area contributed by atoms with Gasteiger partial charge in [0.1, 0.15) is 0 Å². The zero-order valence-corrected chi connectivity index (χ0v) is 7.68. The maximum atomic E-state index is 11.8. The van der Waals surface area contributed by atoms with Gasteiger partial charge < -0.3 is 4.90 Å². The molecule has 0 unspecified atom stereocenters. The van der Waals surface area contributed by atoms with Crippen LogP contribution in [0.3, 0.4) is 0 Å². The van der Waals surface area contributed by atoms with Crippen molar-refractivity contribution in [3.05, 3.63) is 6.42 Å². The van der Waals surface area contributed by atoms with Crippen molar-refractivity contribution in [2.75, 3.05) is 13.1 Å². The number of carbonyl (C=O) groups is 1. The number of carbonyl (C=O) groups excluding carboxylic acids is 1. The molecule has 1 saturated heterocycles. The van der Waals surface area contributed by atoms with Crippen molar-refractivity contribution in [3.8, 4) is 0 Å².